The number of nitrogens with one attached hydrogen (secondary N) is 1. The first kappa shape index (κ1) is 13.7. The van der Waals surface area contributed by atoms with E-state index in [1.807, 2.05) is 55.5 Å². The van der Waals surface area contributed by atoms with Gasteiger partial charge >= 0.3 is 0 Å². The van der Waals surface area contributed by atoms with Crippen LogP contribution in [0, 0.1) is 6.92 Å². The van der Waals surface area contributed by atoms with Gasteiger partial charge in [0.1, 0.15) is 6.33 Å². The Balaban J connectivity index is 1.66. The van der Waals surface area contributed by atoms with E-state index in [0.29, 0.717) is 5.75 Å². The highest BCUT2D eigenvalue weighted by atomic mass is 32.2. The largest absolute Gasteiger partial charge is 0.272 e. The Labute approximate surface area is 127 Å². The first-order valence-electron chi connectivity index (χ1n) is 6.64. The first-order chi connectivity index (χ1) is 10.2. The third-order valence-electron chi connectivity index (χ3n) is 3.15. The minimum atomic E-state index is -0.0496. The highest BCUT2D eigenvalue weighted by Crippen LogP contribution is 2.21. The molecule has 0 aliphatic rings. The van der Waals surface area contributed by atoms with Crippen molar-refractivity contribution in [3.05, 3.63) is 60.4 Å². The number of rotatable bonds is 4. The molecule has 21 heavy (non-hydrogen) atoms. The number of hydrogen-bond acceptors (Lipinski definition) is 3. The van der Waals surface area contributed by atoms with Gasteiger partial charge in [0, 0.05) is 4.90 Å². The summed E-state index contributed by atoms with van der Waals surface area (Å²) in [6, 6.07) is 15.7. The van der Waals surface area contributed by atoms with Crippen LogP contribution in [0.1, 0.15) is 5.56 Å². The molecule has 0 spiro atoms. The third-order valence-corrected chi connectivity index (χ3v) is 4.33. The smallest absolute Gasteiger partial charge is 0.249 e. The molecular formula is C16H15N3OS. The molecule has 0 unspecified atom stereocenters. The molecule has 1 amide bonds. The van der Waals surface area contributed by atoms with Crippen molar-refractivity contribution in [3.8, 4) is 0 Å². The maximum atomic E-state index is 12.1. The van der Waals surface area contributed by atoms with Gasteiger partial charge in [-0.05, 0) is 30.7 Å². The zero-order valence-corrected chi connectivity index (χ0v) is 12.4. The van der Waals surface area contributed by atoms with Crippen LogP contribution in [0.2, 0.25) is 0 Å². The molecule has 0 saturated heterocycles. The normalized spacial score (nSPS) is 10.7. The number of nitrogens with zero attached hydrogens (tertiary/aromatic N) is 2. The Morgan fingerprint density at radius 1 is 1.19 bits per heavy atom. The lowest BCUT2D eigenvalue weighted by atomic mass is 10.2. The average Bonchev–Trinajstić information content (AvgIpc) is 2.90. The Morgan fingerprint density at radius 3 is 2.81 bits per heavy atom. The second-order valence-corrected chi connectivity index (χ2v) is 5.71. The van der Waals surface area contributed by atoms with Crippen molar-refractivity contribution in [1.82, 2.24) is 9.66 Å². The number of amides is 1. The van der Waals surface area contributed by atoms with Crippen LogP contribution in [-0.4, -0.2) is 21.3 Å². The van der Waals surface area contributed by atoms with E-state index in [4.69, 9.17) is 0 Å². The summed E-state index contributed by atoms with van der Waals surface area (Å²) in [4.78, 5) is 17.4. The molecule has 0 aliphatic heterocycles. The maximum Gasteiger partial charge on any atom is 0.249 e. The molecule has 1 N–H and O–H groups in total. The Bertz CT molecular complexity index is 782. The molecule has 0 bridgehead atoms. The number of carbonyl (C=O) groups excluding carboxylic acids is 1. The van der Waals surface area contributed by atoms with Crippen LogP contribution >= 0.6 is 11.8 Å². The van der Waals surface area contributed by atoms with E-state index < -0.39 is 0 Å². The molecule has 1 aromatic heterocycles. The van der Waals surface area contributed by atoms with E-state index in [0.717, 1.165) is 15.9 Å². The summed E-state index contributed by atoms with van der Waals surface area (Å²) in [6.07, 6.45) is 1.63. The molecule has 1 heterocycles. The fourth-order valence-electron chi connectivity index (χ4n) is 2.08. The van der Waals surface area contributed by atoms with Crippen molar-refractivity contribution in [1.29, 1.82) is 0 Å². The van der Waals surface area contributed by atoms with E-state index in [-0.39, 0.29) is 5.91 Å². The Morgan fingerprint density at radius 2 is 1.95 bits per heavy atom. The van der Waals surface area contributed by atoms with Crippen LogP contribution < -0.4 is 5.43 Å². The summed E-state index contributed by atoms with van der Waals surface area (Å²) >= 11 is 1.54. The second kappa shape index (κ2) is 6.01. The molecule has 3 aromatic rings. The summed E-state index contributed by atoms with van der Waals surface area (Å²) in [7, 11) is 0. The van der Waals surface area contributed by atoms with Gasteiger partial charge in [0.15, 0.2) is 0 Å². The monoisotopic (exact) mass is 297 g/mol. The van der Waals surface area contributed by atoms with Gasteiger partial charge < -0.3 is 0 Å². The molecule has 0 atom stereocenters. The number of carbonyl (C=O) groups is 1. The zero-order chi connectivity index (χ0) is 14.7. The lowest BCUT2D eigenvalue weighted by Gasteiger charge is -2.08. The van der Waals surface area contributed by atoms with Crippen molar-refractivity contribution in [3.63, 3.8) is 0 Å². The first-order valence-corrected chi connectivity index (χ1v) is 7.63. The molecule has 0 radical (unpaired) electrons. The van der Waals surface area contributed by atoms with Crippen molar-refractivity contribution in [2.45, 2.75) is 11.8 Å². The summed E-state index contributed by atoms with van der Waals surface area (Å²) in [5.41, 5.74) is 5.79. The number of hydrogen-bond donors (Lipinski definition) is 1. The van der Waals surface area contributed by atoms with Gasteiger partial charge in [-0.3, -0.25) is 10.2 Å². The second-order valence-electron chi connectivity index (χ2n) is 4.69. The number of thioether (sulfide) groups is 1. The topological polar surface area (TPSA) is 46.9 Å². The number of para-hydroxylation sites is 2. The third kappa shape index (κ3) is 3.08. The Hall–Kier alpha value is -2.27. The molecule has 0 fully saturated rings. The molecule has 5 heteroatoms. The van der Waals surface area contributed by atoms with Crippen molar-refractivity contribution >= 4 is 28.7 Å². The highest BCUT2D eigenvalue weighted by molar-refractivity contribution is 8.00. The van der Waals surface area contributed by atoms with Gasteiger partial charge in [-0.25, -0.2) is 9.66 Å². The molecule has 0 saturated carbocycles. The molecule has 106 valence electrons. The number of imidazole rings is 1. The van der Waals surface area contributed by atoms with E-state index in [9.17, 15) is 4.79 Å². The van der Waals surface area contributed by atoms with Gasteiger partial charge in [-0.1, -0.05) is 30.3 Å². The number of fused-ring (bicyclic) bond motifs is 1. The van der Waals surface area contributed by atoms with E-state index in [2.05, 4.69) is 10.4 Å². The van der Waals surface area contributed by atoms with E-state index in [1.54, 1.807) is 11.0 Å². The summed E-state index contributed by atoms with van der Waals surface area (Å²) in [5, 5.41) is 0. The standard InChI is InChI=1S/C16H15N3OS/c1-12-6-2-5-9-15(12)21-10-16(20)18-19-11-17-13-7-3-4-8-14(13)19/h2-9,11H,10H2,1H3,(H,18,20). The SMILES string of the molecule is Cc1ccccc1SCC(=O)Nn1cnc2ccccc21. The van der Waals surface area contributed by atoms with Gasteiger partial charge in [-0.2, -0.15) is 0 Å². The van der Waals surface area contributed by atoms with Crippen LogP contribution in [-0.2, 0) is 4.79 Å². The molecule has 3 rings (SSSR count). The zero-order valence-electron chi connectivity index (χ0n) is 11.6. The minimum absolute atomic E-state index is 0.0496. The fraction of sp³-hybridized carbons (Fsp3) is 0.125. The number of aromatic nitrogens is 2. The maximum absolute atomic E-state index is 12.1. The van der Waals surface area contributed by atoms with Crippen LogP contribution in [0.25, 0.3) is 11.0 Å². The van der Waals surface area contributed by atoms with E-state index >= 15 is 0 Å². The number of aryl methyl sites for hydroxylation is 1. The predicted octanol–water partition coefficient (Wildman–Crippen LogP) is 3.21. The highest BCUT2D eigenvalue weighted by Gasteiger charge is 2.07. The number of benzene rings is 2. The fourth-order valence-corrected chi connectivity index (χ4v) is 2.90. The molecule has 0 aliphatic carbocycles. The van der Waals surface area contributed by atoms with Gasteiger partial charge in [-0.15, -0.1) is 11.8 Å². The van der Waals surface area contributed by atoms with Gasteiger partial charge in [0.2, 0.25) is 5.91 Å². The lowest BCUT2D eigenvalue weighted by molar-refractivity contribution is -0.114. The van der Waals surface area contributed by atoms with Crippen molar-refractivity contribution in [2.75, 3.05) is 11.2 Å². The van der Waals surface area contributed by atoms with Crippen LogP contribution in [0.3, 0.4) is 0 Å². The molecular weight excluding hydrogens is 282 g/mol. The summed E-state index contributed by atoms with van der Waals surface area (Å²) in [6.45, 7) is 2.05. The van der Waals surface area contributed by atoms with Crippen LogP contribution in [0.15, 0.2) is 59.8 Å². The predicted molar refractivity (Wildman–Crippen MR) is 86.0 cm³/mol. The van der Waals surface area contributed by atoms with Crippen molar-refractivity contribution in [2.24, 2.45) is 0 Å². The van der Waals surface area contributed by atoms with Gasteiger partial charge in [0.05, 0.1) is 16.8 Å². The summed E-state index contributed by atoms with van der Waals surface area (Å²) in [5.74, 6) is 0.323. The van der Waals surface area contributed by atoms with Crippen LogP contribution in [0.4, 0.5) is 0 Å². The molecule has 4 nitrogen and oxygen atoms in total. The minimum Gasteiger partial charge on any atom is -0.272 e. The van der Waals surface area contributed by atoms with Crippen LogP contribution in [0.5, 0.6) is 0 Å². The molecule has 2 aromatic carbocycles. The quantitative estimate of drug-likeness (QED) is 0.752. The van der Waals surface area contributed by atoms with E-state index in [1.165, 1.54) is 17.3 Å². The Kier molecular flexibility index (Phi) is 3.92. The summed E-state index contributed by atoms with van der Waals surface area (Å²) < 4.78 is 1.66. The lowest BCUT2D eigenvalue weighted by Crippen LogP contribution is -2.23. The van der Waals surface area contributed by atoms with Crippen molar-refractivity contribution < 1.29 is 4.79 Å². The van der Waals surface area contributed by atoms with Gasteiger partial charge in [0.25, 0.3) is 0 Å². The average molecular weight is 297 g/mol.